The number of benzene rings is 1. The third-order valence-corrected chi connectivity index (χ3v) is 4.08. The SMILES string of the molecule is CNC1=CC=C(N)C2CC1C(=O)c1ccccc1C2=O. The summed E-state index contributed by atoms with van der Waals surface area (Å²) in [6, 6.07) is 7.00. The zero-order chi connectivity index (χ0) is 14.3. The Balaban J connectivity index is 2.22. The van der Waals surface area contributed by atoms with Crippen molar-refractivity contribution in [2.45, 2.75) is 6.42 Å². The van der Waals surface area contributed by atoms with Gasteiger partial charge in [-0.05, 0) is 18.6 Å². The predicted octanol–water partition coefficient (Wildman–Crippen LogP) is 1.65. The molecule has 0 heterocycles. The molecule has 2 unspecified atom stereocenters. The van der Waals surface area contributed by atoms with Gasteiger partial charge in [-0.15, -0.1) is 0 Å². The molecule has 4 nitrogen and oxygen atoms in total. The highest BCUT2D eigenvalue weighted by Gasteiger charge is 2.38. The normalized spacial score (nSPS) is 25.1. The van der Waals surface area contributed by atoms with Crippen LogP contribution in [0.1, 0.15) is 27.1 Å². The number of Topliss-reactive ketones (excluding diaryl/α,β-unsaturated/α-hetero) is 2. The number of nitrogens with one attached hydrogen (secondary N) is 1. The van der Waals surface area contributed by atoms with Crippen LogP contribution in [0.4, 0.5) is 0 Å². The molecule has 0 saturated carbocycles. The topological polar surface area (TPSA) is 72.2 Å². The smallest absolute Gasteiger partial charge is 0.172 e. The zero-order valence-electron chi connectivity index (χ0n) is 11.2. The Labute approximate surface area is 117 Å². The Morgan fingerprint density at radius 3 is 2.25 bits per heavy atom. The van der Waals surface area contributed by atoms with Crippen molar-refractivity contribution in [1.29, 1.82) is 0 Å². The van der Waals surface area contributed by atoms with Crippen LogP contribution < -0.4 is 11.1 Å². The van der Waals surface area contributed by atoms with Gasteiger partial charge in [0.2, 0.25) is 0 Å². The van der Waals surface area contributed by atoms with Crippen LogP contribution in [-0.2, 0) is 0 Å². The first-order valence-corrected chi connectivity index (χ1v) is 6.66. The molecule has 0 aromatic heterocycles. The molecule has 1 aromatic rings. The average molecular weight is 268 g/mol. The Kier molecular flexibility index (Phi) is 2.93. The summed E-state index contributed by atoms with van der Waals surface area (Å²) < 4.78 is 0. The van der Waals surface area contributed by atoms with E-state index in [1.165, 1.54) is 0 Å². The minimum absolute atomic E-state index is 0.0137. The molecule has 4 heteroatoms. The first-order valence-electron chi connectivity index (χ1n) is 6.66. The fraction of sp³-hybridized carbons (Fsp3) is 0.250. The first kappa shape index (κ1) is 12.7. The van der Waals surface area contributed by atoms with E-state index >= 15 is 0 Å². The maximum Gasteiger partial charge on any atom is 0.172 e. The summed E-state index contributed by atoms with van der Waals surface area (Å²) >= 11 is 0. The van der Waals surface area contributed by atoms with Crippen LogP contribution in [0.3, 0.4) is 0 Å². The molecule has 102 valence electrons. The van der Waals surface area contributed by atoms with Crippen molar-refractivity contribution in [3.05, 3.63) is 58.9 Å². The van der Waals surface area contributed by atoms with Gasteiger partial charge < -0.3 is 11.1 Å². The van der Waals surface area contributed by atoms with Crippen molar-refractivity contribution in [2.75, 3.05) is 7.05 Å². The highest BCUT2D eigenvalue weighted by molar-refractivity contribution is 6.13. The Hall–Kier alpha value is -2.36. The van der Waals surface area contributed by atoms with Gasteiger partial charge in [-0.25, -0.2) is 0 Å². The van der Waals surface area contributed by atoms with Crippen LogP contribution in [0.5, 0.6) is 0 Å². The summed E-state index contributed by atoms with van der Waals surface area (Å²) in [5.41, 5.74) is 8.34. The molecule has 0 radical (unpaired) electrons. The van der Waals surface area contributed by atoms with Crippen molar-refractivity contribution in [3.8, 4) is 0 Å². The van der Waals surface area contributed by atoms with E-state index in [-0.39, 0.29) is 17.5 Å². The van der Waals surface area contributed by atoms with E-state index in [4.69, 9.17) is 5.73 Å². The van der Waals surface area contributed by atoms with Crippen LogP contribution in [0.15, 0.2) is 47.8 Å². The van der Waals surface area contributed by atoms with Gasteiger partial charge in [0, 0.05) is 29.6 Å². The lowest BCUT2D eigenvalue weighted by atomic mass is 9.88. The first-order chi connectivity index (χ1) is 9.63. The van der Waals surface area contributed by atoms with Crippen LogP contribution in [0.25, 0.3) is 0 Å². The number of hydrogen-bond acceptors (Lipinski definition) is 4. The number of nitrogens with two attached hydrogens (primary N) is 1. The zero-order valence-corrected chi connectivity index (χ0v) is 11.2. The molecule has 3 rings (SSSR count). The third-order valence-electron chi connectivity index (χ3n) is 4.08. The van der Waals surface area contributed by atoms with E-state index in [0.717, 1.165) is 5.70 Å². The van der Waals surface area contributed by atoms with Crippen molar-refractivity contribution in [1.82, 2.24) is 5.32 Å². The van der Waals surface area contributed by atoms with Crippen LogP contribution >= 0.6 is 0 Å². The number of carbonyl (C=O) groups excluding carboxylic acids is 2. The van der Waals surface area contributed by atoms with E-state index in [1.807, 2.05) is 0 Å². The molecular formula is C16H16N2O2. The van der Waals surface area contributed by atoms with Crippen molar-refractivity contribution in [2.24, 2.45) is 17.6 Å². The molecule has 3 N–H and O–H groups in total. The average Bonchev–Trinajstić information content (AvgIpc) is 2.70. The Morgan fingerprint density at radius 1 is 1.05 bits per heavy atom. The highest BCUT2D eigenvalue weighted by atomic mass is 16.1. The lowest BCUT2D eigenvalue weighted by Gasteiger charge is -2.18. The number of fused-ring (bicyclic) bond motifs is 3. The summed E-state index contributed by atoms with van der Waals surface area (Å²) in [5.74, 6) is -0.833. The van der Waals surface area contributed by atoms with E-state index < -0.39 is 5.92 Å². The van der Waals surface area contributed by atoms with Crippen LogP contribution in [0, 0.1) is 11.8 Å². The summed E-state index contributed by atoms with van der Waals surface area (Å²) in [6.45, 7) is 0. The second-order valence-corrected chi connectivity index (χ2v) is 5.15. The largest absolute Gasteiger partial charge is 0.401 e. The van der Waals surface area contributed by atoms with Gasteiger partial charge >= 0.3 is 0 Å². The molecule has 0 spiro atoms. The standard InChI is InChI=1S/C16H16N2O2/c1-18-14-7-6-13(17)11-8-12(14)16(20)10-5-3-2-4-9(10)15(11)19/h2-7,11-12,18H,8,17H2,1H3. The summed E-state index contributed by atoms with van der Waals surface area (Å²) in [5, 5.41) is 3.05. The molecular weight excluding hydrogens is 252 g/mol. The van der Waals surface area contributed by atoms with Gasteiger partial charge in [0.1, 0.15) is 0 Å². The molecule has 0 saturated heterocycles. The van der Waals surface area contributed by atoms with Crippen molar-refractivity contribution < 1.29 is 9.59 Å². The lowest BCUT2D eigenvalue weighted by Crippen LogP contribution is -2.26. The van der Waals surface area contributed by atoms with E-state index in [9.17, 15) is 9.59 Å². The number of hydrogen-bond donors (Lipinski definition) is 2. The lowest BCUT2D eigenvalue weighted by molar-refractivity contribution is 0.0911. The van der Waals surface area contributed by atoms with Gasteiger partial charge in [-0.3, -0.25) is 9.59 Å². The molecule has 1 aromatic carbocycles. The molecule has 2 atom stereocenters. The molecule has 2 aliphatic carbocycles. The van der Waals surface area contributed by atoms with Crippen LogP contribution in [-0.4, -0.2) is 18.6 Å². The number of allylic oxidation sites excluding steroid dienone is 4. The molecule has 20 heavy (non-hydrogen) atoms. The van der Waals surface area contributed by atoms with E-state index in [2.05, 4.69) is 5.32 Å². The van der Waals surface area contributed by atoms with Gasteiger partial charge in [0.05, 0.1) is 11.8 Å². The minimum atomic E-state index is -0.422. The number of rotatable bonds is 1. The maximum atomic E-state index is 12.7. The second-order valence-electron chi connectivity index (χ2n) is 5.15. The monoisotopic (exact) mass is 268 g/mol. The number of ketones is 2. The van der Waals surface area contributed by atoms with Gasteiger partial charge in [0.15, 0.2) is 11.6 Å². The fourth-order valence-electron chi connectivity index (χ4n) is 2.97. The number of carbonyl (C=O) groups is 2. The second kappa shape index (κ2) is 4.63. The Bertz CT molecular complexity index is 658. The van der Waals surface area contributed by atoms with Crippen LogP contribution in [0.2, 0.25) is 0 Å². The van der Waals surface area contributed by atoms with E-state index in [0.29, 0.717) is 23.2 Å². The maximum absolute atomic E-state index is 12.7. The molecule has 2 bridgehead atoms. The van der Waals surface area contributed by atoms with Gasteiger partial charge in [-0.1, -0.05) is 24.3 Å². The molecule has 0 fully saturated rings. The summed E-state index contributed by atoms with van der Waals surface area (Å²) in [4.78, 5) is 25.4. The summed E-state index contributed by atoms with van der Waals surface area (Å²) in [6.07, 6.45) is 3.97. The minimum Gasteiger partial charge on any atom is -0.401 e. The predicted molar refractivity (Wildman–Crippen MR) is 76.1 cm³/mol. The van der Waals surface area contributed by atoms with E-state index in [1.54, 1.807) is 43.5 Å². The Morgan fingerprint density at radius 2 is 1.65 bits per heavy atom. The molecule has 0 amide bonds. The molecule has 0 aliphatic heterocycles. The highest BCUT2D eigenvalue weighted by Crippen LogP contribution is 2.35. The van der Waals surface area contributed by atoms with Crippen molar-refractivity contribution in [3.63, 3.8) is 0 Å². The molecule has 2 aliphatic rings. The summed E-state index contributed by atoms with van der Waals surface area (Å²) in [7, 11) is 1.78. The van der Waals surface area contributed by atoms with Crippen molar-refractivity contribution >= 4 is 11.6 Å². The third kappa shape index (κ3) is 1.76. The van der Waals surface area contributed by atoms with Gasteiger partial charge in [-0.2, -0.15) is 0 Å². The quantitative estimate of drug-likeness (QED) is 0.812. The fourth-order valence-corrected chi connectivity index (χ4v) is 2.97. The van der Waals surface area contributed by atoms with Gasteiger partial charge in [0.25, 0.3) is 0 Å².